The highest BCUT2D eigenvalue weighted by atomic mass is 14.7. The first-order chi connectivity index (χ1) is 9.83. The zero-order valence-electron chi connectivity index (χ0n) is 11.3. The van der Waals surface area contributed by atoms with Crippen molar-refractivity contribution in [3.05, 3.63) is 59.8 Å². The molecule has 0 saturated carbocycles. The Bertz CT molecular complexity index is 791. The van der Waals surface area contributed by atoms with Gasteiger partial charge in [-0.25, -0.2) is 0 Å². The smallest absolute Gasteiger partial charge is 0.0726 e. The molecule has 0 bridgehead atoms. The minimum Gasteiger partial charge on any atom is -0.398 e. The lowest BCUT2D eigenvalue weighted by molar-refractivity contribution is 0.901. The minimum absolute atomic E-state index is 0.931. The topological polar surface area (TPSA) is 38.9 Å². The van der Waals surface area contributed by atoms with Crippen LogP contribution in [-0.4, -0.2) is 4.98 Å². The first kappa shape index (κ1) is 11.5. The number of nitrogen functional groups attached to an aromatic ring is 1. The van der Waals surface area contributed by atoms with E-state index in [1.165, 1.54) is 28.8 Å². The molecule has 0 amide bonds. The molecule has 2 aromatic carbocycles. The first-order valence-corrected chi connectivity index (χ1v) is 7.09. The van der Waals surface area contributed by atoms with E-state index >= 15 is 0 Å². The number of hydrogen-bond acceptors (Lipinski definition) is 2. The number of rotatable bonds is 1. The number of aromatic nitrogens is 1. The van der Waals surface area contributed by atoms with Crippen LogP contribution in [-0.2, 0) is 12.8 Å². The van der Waals surface area contributed by atoms with Gasteiger partial charge in [0, 0.05) is 16.8 Å². The average Bonchev–Trinajstić information content (AvgIpc) is 2.97. The van der Waals surface area contributed by atoms with Crippen LogP contribution < -0.4 is 5.73 Å². The van der Waals surface area contributed by atoms with E-state index < -0.39 is 0 Å². The normalized spacial score (nSPS) is 13.6. The van der Waals surface area contributed by atoms with E-state index in [0.29, 0.717) is 0 Å². The largest absolute Gasteiger partial charge is 0.398 e. The average molecular weight is 260 g/mol. The molecule has 2 heteroatoms. The molecule has 0 atom stereocenters. The minimum atomic E-state index is 0.931. The summed E-state index contributed by atoms with van der Waals surface area (Å²) in [5.74, 6) is 0. The van der Waals surface area contributed by atoms with Gasteiger partial charge in [0.1, 0.15) is 0 Å². The Morgan fingerprint density at radius 1 is 0.900 bits per heavy atom. The van der Waals surface area contributed by atoms with E-state index in [4.69, 9.17) is 10.7 Å². The van der Waals surface area contributed by atoms with Gasteiger partial charge in [-0.1, -0.05) is 36.4 Å². The van der Waals surface area contributed by atoms with Crippen LogP contribution in [0.1, 0.15) is 17.7 Å². The van der Waals surface area contributed by atoms with E-state index in [2.05, 4.69) is 42.5 Å². The number of anilines is 1. The summed E-state index contributed by atoms with van der Waals surface area (Å²) in [5.41, 5.74) is 13.2. The van der Waals surface area contributed by atoms with Gasteiger partial charge in [0.25, 0.3) is 0 Å². The van der Waals surface area contributed by atoms with Gasteiger partial charge in [0.05, 0.1) is 5.52 Å². The molecule has 4 rings (SSSR count). The van der Waals surface area contributed by atoms with Gasteiger partial charge in [-0.05, 0) is 48.1 Å². The van der Waals surface area contributed by atoms with Crippen LogP contribution in [0.5, 0.6) is 0 Å². The summed E-state index contributed by atoms with van der Waals surface area (Å²) in [6, 6.07) is 16.8. The molecule has 0 radical (unpaired) electrons. The van der Waals surface area contributed by atoms with Crippen molar-refractivity contribution in [1.82, 2.24) is 4.98 Å². The van der Waals surface area contributed by atoms with Crippen molar-refractivity contribution in [2.75, 3.05) is 5.73 Å². The third-order valence-corrected chi connectivity index (χ3v) is 4.16. The fourth-order valence-electron chi connectivity index (χ4n) is 3.11. The molecule has 98 valence electrons. The number of nitrogens with two attached hydrogens (primary N) is 1. The van der Waals surface area contributed by atoms with E-state index in [1.54, 1.807) is 0 Å². The second-order valence-corrected chi connectivity index (χ2v) is 5.40. The number of nitrogens with zero attached hydrogens (tertiary/aromatic N) is 1. The van der Waals surface area contributed by atoms with Crippen LogP contribution in [0.3, 0.4) is 0 Å². The molecule has 0 spiro atoms. The van der Waals surface area contributed by atoms with Crippen molar-refractivity contribution in [3.63, 3.8) is 0 Å². The molecule has 0 aliphatic heterocycles. The molecule has 2 N–H and O–H groups in total. The van der Waals surface area contributed by atoms with E-state index in [0.717, 1.165) is 29.4 Å². The van der Waals surface area contributed by atoms with Crippen LogP contribution in [0, 0.1) is 0 Å². The molecule has 1 aliphatic carbocycles. The summed E-state index contributed by atoms with van der Waals surface area (Å²) in [6.45, 7) is 0. The van der Waals surface area contributed by atoms with Gasteiger partial charge in [-0.15, -0.1) is 0 Å². The van der Waals surface area contributed by atoms with Gasteiger partial charge in [-0.2, -0.15) is 0 Å². The summed E-state index contributed by atoms with van der Waals surface area (Å²) < 4.78 is 0. The highest BCUT2D eigenvalue weighted by Gasteiger charge is 2.17. The van der Waals surface area contributed by atoms with Crippen LogP contribution in [0.2, 0.25) is 0 Å². The van der Waals surface area contributed by atoms with E-state index in [9.17, 15) is 0 Å². The summed E-state index contributed by atoms with van der Waals surface area (Å²) in [7, 11) is 0. The van der Waals surface area contributed by atoms with Gasteiger partial charge in [0.15, 0.2) is 0 Å². The predicted molar refractivity (Wildman–Crippen MR) is 83.6 cm³/mol. The predicted octanol–water partition coefficient (Wildman–Crippen LogP) is 3.97. The summed E-state index contributed by atoms with van der Waals surface area (Å²) in [4.78, 5) is 4.77. The summed E-state index contributed by atoms with van der Waals surface area (Å²) in [6.07, 6.45) is 3.31. The number of fused-ring (bicyclic) bond motifs is 2. The molecule has 2 nitrogen and oxygen atoms in total. The maximum absolute atomic E-state index is 6.38. The van der Waals surface area contributed by atoms with Gasteiger partial charge in [0.2, 0.25) is 0 Å². The fraction of sp³-hybridized carbons (Fsp3) is 0.167. The Hall–Kier alpha value is -2.35. The molecule has 0 fully saturated rings. The lowest BCUT2D eigenvalue weighted by Crippen LogP contribution is -1.98. The quantitative estimate of drug-likeness (QED) is 0.719. The van der Waals surface area contributed by atoms with Crippen molar-refractivity contribution in [1.29, 1.82) is 0 Å². The fourth-order valence-corrected chi connectivity index (χ4v) is 3.11. The van der Waals surface area contributed by atoms with Crippen molar-refractivity contribution in [3.8, 4) is 11.1 Å². The molecule has 1 heterocycles. The van der Waals surface area contributed by atoms with Crippen molar-refractivity contribution in [2.24, 2.45) is 0 Å². The number of pyridine rings is 1. The number of benzene rings is 2. The van der Waals surface area contributed by atoms with E-state index in [1.807, 2.05) is 6.07 Å². The van der Waals surface area contributed by atoms with Crippen LogP contribution >= 0.6 is 0 Å². The molecular formula is C18H16N2. The highest BCUT2D eigenvalue weighted by molar-refractivity contribution is 5.95. The highest BCUT2D eigenvalue weighted by Crippen LogP contribution is 2.34. The summed E-state index contributed by atoms with van der Waals surface area (Å²) >= 11 is 0. The Morgan fingerprint density at radius 3 is 2.60 bits per heavy atom. The monoisotopic (exact) mass is 260 g/mol. The Labute approximate surface area is 118 Å². The second-order valence-electron chi connectivity index (χ2n) is 5.40. The Kier molecular flexibility index (Phi) is 2.49. The molecule has 0 saturated heterocycles. The Balaban J connectivity index is 1.96. The zero-order valence-corrected chi connectivity index (χ0v) is 11.3. The number of aryl methyl sites for hydroxylation is 1. The van der Waals surface area contributed by atoms with Crippen molar-refractivity contribution < 1.29 is 0 Å². The molecule has 0 unspecified atom stereocenters. The third kappa shape index (κ3) is 1.68. The number of hydrogen-bond donors (Lipinski definition) is 1. The third-order valence-electron chi connectivity index (χ3n) is 4.16. The zero-order chi connectivity index (χ0) is 13.5. The first-order valence-electron chi connectivity index (χ1n) is 7.09. The van der Waals surface area contributed by atoms with Gasteiger partial charge < -0.3 is 5.73 Å². The van der Waals surface area contributed by atoms with Gasteiger partial charge in [-0.3, -0.25) is 4.98 Å². The Morgan fingerprint density at radius 2 is 1.75 bits per heavy atom. The molecule has 1 aromatic heterocycles. The summed E-state index contributed by atoms with van der Waals surface area (Å²) in [5, 5.41) is 1.09. The lowest BCUT2D eigenvalue weighted by Gasteiger charge is -2.10. The molecule has 1 aliphatic rings. The standard InChI is InChI=1S/C18H16N2/c19-18-14-7-4-8-16(14)20-17-10-9-13(11-15(17)18)12-5-2-1-3-6-12/h1-3,5-6,9-11H,4,7-8H2,(H2,19,20). The molecular weight excluding hydrogens is 244 g/mol. The maximum Gasteiger partial charge on any atom is 0.0726 e. The van der Waals surface area contributed by atoms with Crippen LogP contribution in [0.15, 0.2) is 48.5 Å². The van der Waals surface area contributed by atoms with E-state index in [-0.39, 0.29) is 0 Å². The van der Waals surface area contributed by atoms with Crippen molar-refractivity contribution >= 4 is 16.6 Å². The SMILES string of the molecule is Nc1c2c(nc3ccc(-c4ccccc4)cc13)CCC2. The molecule has 20 heavy (non-hydrogen) atoms. The van der Waals surface area contributed by atoms with Gasteiger partial charge >= 0.3 is 0 Å². The molecule has 3 aromatic rings. The second kappa shape index (κ2) is 4.34. The van der Waals surface area contributed by atoms with Crippen molar-refractivity contribution in [2.45, 2.75) is 19.3 Å². The lowest BCUT2D eigenvalue weighted by atomic mass is 10.0. The van der Waals surface area contributed by atoms with Crippen LogP contribution in [0.25, 0.3) is 22.0 Å². The van der Waals surface area contributed by atoms with Crippen LogP contribution in [0.4, 0.5) is 5.69 Å². The maximum atomic E-state index is 6.38.